The summed E-state index contributed by atoms with van der Waals surface area (Å²) in [6.45, 7) is 0. The molecule has 1 aromatic heterocycles. The van der Waals surface area contributed by atoms with Crippen molar-refractivity contribution in [1.82, 2.24) is 9.78 Å². The van der Waals surface area contributed by atoms with Gasteiger partial charge in [0.2, 0.25) is 0 Å². The Labute approximate surface area is 161 Å². The molecule has 1 aliphatic carbocycles. The van der Waals surface area contributed by atoms with E-state index in [0.29, 0.717) is 11.3 Å². The van der Waals surface area contributed by atoms with Crippen LogP contribution in [0.5, 0.6) is 0 Å². The van der Waals surface area contributed by atoms with Gasteiger partial charge in [0.25, 0.3) is 11.5 Å². The van der Waals surface area contributed by atoms with Crippen molar-refractivity contribution in [3.05, 3.63) is 81.4 Å². The maximum atomic E-state index is 14.2. The van der Waals surface area contributed by atoms with E-state index < -0.39 is 5.82 Å². The zero-order valence-corrected chi connectivity index (χ0v) is 15.5. The van der Waals surface area contributed by atoms with Gasteiger partial charge in [0.15, 0.2) is 0 Å². The summed E-state index contributed by atoms with van der Waals surface area (Å²) < 4.78 is 15.4. The van der Waals surface area contributed by atoms with Crippen LogP contribution >= 0.6 is 0 Å². The third kappa shape index (κ3) is 3.58. The maximum absolute atomic E-state index is 14.2. The molecule has 0 fully saturated rings. The Hall–Kier alpha value is -3.28. The lowest BCUT2D eigenvalue weighted by Gasteiger charge is -2.19. The first-order valence-corrected chi connectivity index (χ1v) is 9.29. The minimum Gasteiger partial charge on any atom is -0.322 e. The van der Waals surface area contributed by atoms with Crippen LogP contribution in [0, 0.1) is 5.82 Å². The second kappa shape index (κ2) is 7.38. The molecule has 0 bridgehead atoms. The number of aryl methyl sites for hydroxylation is 2. The lowest BCUT2D eigenvalue weighted by Crippen LogP contribution is -2.18. The van der Waals surface area contributed by atoms with Crippen molar-refractivity contribution < 1.29 is 9.18 Å². The van der Waals surface area contributed by atoms with Gasteiger partial charge in [-0.1, -0.05) is 12.1 Å². The van der Waals surface area contributed by atoms with E-state index >= 15 is 0 Å². The van der Waals surface area contributed by atoms with E-state index in [4.69, 9.17) is 0 Å². The molecule has 5 nitrogen and oxygen atoms in total. The third-order valence-electron chi connectivity index (χ3n) is 5.06. The normalized spacial score (nSPS) is 13.1. The molecule has 0 saturated heterocycles. The molecule has 0 saturated carbocycles. The first kappa shape index (κ1) is 18.1. The fourth-order valence-electron chi connectivity index (χ4n) is 3.62. The van der Waals surface area contributed by atoms with Crippen LogP contribution < -0.4 is 10.9 Å². The van der Waals surface area contributed by atoms with Crippen LogP contribution in [0.3, 0.4) is 0 Å². The predicted molar refractivity (Wildman–Crippen MR) is 106 cm³/mol. The van der Waals surface area contributed by atoms with Gasteiger partial charge in [-0.15, -0.1) is 0 Å². The minimum absolute atomic E-state index is 0.207. The molecule has 3 aromatic rings. The molecule has 1 amide bonds. The molecule has 4 rings (SSSR count). The SMILES string of the molecule is Cn1nc(-c2cc(F)cc(C(=O)Nc3cccc4c3CCCC4)c2)ccc1=O. The lowest BCUT2D eigenvalue weighted by molar-refractivity contribution is 0.102. The van der Waals surface area contributed by atoms with E-state index in [1.54, 1.807) is 6.07 Å². The van der Waals surface area contributed by atoms with E-state index in [-0.39, 0.29) is 17.0 Å². The van der Waals surface area contributed by atoms with Gasteiger partial charge in [0, 0.05) is 29.9 Å². The van der Waals surface area contributed by atoms with E-state index in [1.807, 2.05) is 12.1 Å². The molecule has 0 atom stereocenters. The number of nitrogens with one attached hydrogen (secondary N) is 1. The summed E-state index contributed by atoms with van der Waals surface area (Å²) in [7, 11) is 1.53. The van der Waals surface area contributed by atoms with Gasteiger partial charge in [0.05, 0.1) is 5.69 Å². The van der Waals surface area contributed by atoms with Crippen LogP contribution in [0.1, 0.15) is 34.3 Å². The number of carbonyl (C=O) groups excluding carboxylic acids is 1. The van der Waals surface area contributed by atoms with Crippen LogP contribution in [0.15, 0.2) is 53.3 Å². The second-order valence-corrected chi connectivity index (χ2v) is 7.01. The van der Waals surface area contributed by atoms with Gasteiger partial charge in [-0.2, -0.15) is 5.10 Å². The van der Waals surface area contributed by atoms with E-state index in [1.165, 1.54) is 47.1 Å². The summed E-state index contributed by atoms with van der Waals surface area (Å²) in [5, 5.41) is 7.06. The van der Waals surface area contributed by atoms with Crippen molar-refractivity contribution in [2.24, 2.45) is 7.05 Å². The topological polar surface area (TPSA) is 64.0 Å². The minimum atomic E-state index is -0.534. The number of fused-ring (bicyclic) bond motifs is 1. The molecule has 2 aromatic carbocycles. The van der Waals surface area contributed by atoms with Gasteiger partial charge in [-0.25, -0.2) is 9.07 Å². The number of rotatable bonds is 3. The largest absolute Gasteiger partial charge is 0.322 e. The highest BCUT2D eigenvalue weighted by atomic mass is 19.1. The summed E-state index contributed by atoms with van der Waals surface area (Å²) >= 11 is 0. The van der Waals surface area contributed by atoms with E-state index in [2.05, 4.69) is 16.5 Å². The van der Waals surface area contributed by atoms with Crippen LogP contribution in [-0.2, 0) is 19.9 Å². The van der Waals surface area contributed by atoms with Crippen molar-refractivity contribution in [3.8, 4) is 11.3 Å². The molecule has 1 heterocycles. The number of carbonyl (C=O) groups is 1. The first-order valence-electron chi connectivity index (χ1n) is 9.29. The Morgan fingerprint density at radius 3 is 2.75 bits per heavy atom. The fourth-order valence-corrected chi connectivity index (χ4v) is 3.62. The predicted octanol–water partition coefficient (Wildman–Crippen LogP) is 3.72. The van der Waals surface area contributed by atoms with Crippen molar-refractivity contribution in [2.45, 2.75) is 25.7 Å². The monoisotopic (exact) mass is 377 g/mol. The summed E-state index contributed by atoms with van der Waals surface area (Å²) in [5.74, 6) is -0.905. The number of hydrogen-bond acceptors (Lipinski definition) is 3. The quantitative estimate of drug-likeness (QED) is 0.757. The summed E-state index contributed by atoms with van der Waals surface area (Å²) in [5.41, 5.74) is 4.03. The number of halogens is 1. The molecule has 1 aliphatic rings. The Morgan fingerprint density at radius 2 is 1.93 bits per heavy atom. The van der Waals surface area contributed by atoms with Crippen LogP contribution in [0.4, 0.5) is 10.1 Å². The highest BCUT2D eigenvalue weighted by molar-refractivity contribution is 6.05. The van der Waals surface area contributed by atoms with Crippen LogP contribution in [0.25, 0.3) is 11.3 Å². The summed E-state index contributed by atoms with van der Waals surface area (Å²) in [6.07, 6.45) is 4.20. The molecular formula is C22H20FN3O2. The Balaban J connectivity index is 1.66. The molecule has 0 spiro atoms. The Bertz CT molecular complexity index is 1120. The summed E-state index contributed by atoms with van der Waals surface area (Å²) in [4.78, 5) is 24.3. The molecule has 1 N–H and O–H groups in total. The van der Waals surface area contributed by atoms with Gasteiger partial charge < -0.3 is 5.32 Å². The number of amides is 1. The fraction of sp³-hybridized carbons (Fsp3) is 0.227. The molecule has 142 valence electrons. The van der Waals surface area contributed by atoms with Gasteiger partial charge >= 0.3 is 0 Å². The molecule has 0 aliphatic heterocycles. The van der Waals surface area contributed by atoms with Gasteiger partial charge in [-0.05, 0) is 67.1 Å². The van der Waals surface area contributed by atoms with E-state index in [9.17, 15) is 14.0 Å². The summed E-state index contributed by atoms with van der Waals surface area (Å²) in [6, 6.07) is 12.9. The molecular weight excluding hydrogens is 357 g/mol. The number of nitrogens with zero attached hydrogens (tertiary/aromatic N) is 2. The highest BCUT2D eigenvalue weighted by Gasteiger charge is 2.16. The zero-order valence-electron chi connectivity index (χ0n) is 15.5. The van der Waals surface area contributed by atoms with Crippen molar-refractivity contribution in [1.29, 1.82) is 0 Å². The average Bonchev–Trinajstić information content (AvgIpc) is 2.70. The smallest absolute Gasteiger partial charge is 0.266 e. The first-order chi connectivity index (χ1) is 13.5. The van der Waals surface area contributed by atoms with Crippen molar-refractivity contribution >= 4 is 11.6 Å². The number of hydrogen-bond donors (Lipinski definition) is 1. The lowest BCUT2D eigenvalue weighted by atomic mass is 9.90. The van der Waals surface area contributed by atoms with Crippen LogP contribution in [-0.4, -0.2) is 15.7 Å². The Morgan fingerprint density at radius 1 is 1.11 bits per heavy atom. The number of benzene rings is 2. The highest BCUT2D eigenvalue weighted by Crippen LogP contribution is 2.28. The second-order valence-electron chi connectivity index (χ2n) is 7.01. The van der Waals surface area contributed by atoms with Crippen molar-refractivity contribution in [2.75, 3.05) is 5.32 Å². The average molecular weight is 377 g/mol. The van der Waals surface area contributed by atoms with Crippen molar-refractivity contribution in [3.63, 3.8) is 0 Å². The molecule has 6 heteroatoms. The Kier molecular flexibility index (Phi) is 4.77. The molecule has 28 heavy (non-hydrogen) atoms. The van der Waals surface area contributed by atoms with Gasteiger partial charge in [0.1, 0.15) is 5.82 Å². The third-order valence-corrected chi connectivity index (χ3v) is 5.06. The number of anilines is 1. The van der Waals surface area contributed by atoms with E-state index in [0.717, 1.165) is 31.4 Å². The molecule has 0 unspecified atom stereocenters. The molecule has 0 radical (unpaired) electrons. The zero-order chi connectivity index (χ0) is 19.7. The van der Waals surface area contributed by atoms with Gasteiger partial charge in [-0.3, -0.25) is 9.59 Å². The standard InChI is InChI=1S/C22H20FN3O2/c1-26-21(27)10-9-19(25-26)15-11-16(13-17(23)12-15)22(28)24-20-8-4-6-14-5-2-3-7-18(14)20/h4,6,8-13H,2-3,5,7H2,1H3,(H,24,28). The maximum Gasteiger partial charge on any atom is 0.266 e. The number of aromatic nitrogens is 2. The van der Waals surface area contributed by atoms with Crippen LogP contribution in [0.2, 0.25) is 0 Å².